The summed E-state index contributed by atoms with van der Waals surface area (Å²) in [6.07, 6.45) is 0.227. The molecule has 0 saturated heterocycles. The molecule has 1 atom stereocenters. The molecule has 0 radical (unpaired) electrons. The first kappa shape index (κ1) is 20.2. The smallest absolute Gasteiger partial charge is 0.124 e. The molecular formula is C17H29ClFNO. The Morgan fingerprint density at radius 1 is 1.10 bits per heavy atom. The molecule has 0 unspecified atom stereocenters. The van der Waals surface area contributed by atoms with E-state index in [2.05, 4.69) is 41.5 Å². The maximum Gasteiger partial charge on any atom is 0.124 e. The lowest BCUT2D eigenvalue weighted by molar-refractivity contribution is 0.412. The summed E-state index contributed by atoms with van der Waals surface area (Å²) >= 11 is 0. The van der Waals surface area contributed by atoms with E-state index in [4.69, 9.17) is 5.73 Å². The molecule has 1 aromatic rings. The van der Waals surface area contributed by atoms with Crippen molar-refractivity contribution in [3.8, 4) is 5.75 Å². The molecule has 0 amide bonds. The van der Waals surface area contributed by atoms with Gasteiger partial charge in [-0.1, -0.05) is 47.6 Å². The number of phenols is 1. The minimum atomic E-state index is -0.481. The largest absolute Gasteiger partial charge is 0.507 e. The molecule has 1 rings (SSSR count). The van der Waals surface area contributed by atoms with Gasteiger partial charge < -0.3 is 10.8 Å². The van der Waals surface area contributed by atoms with Gasteiger partial charge in [0.05, 0.1) is 6.67 Å². The van der Waals surface area contributed by atoms with Crippen LogP contribution in [0.25, 0.3) is 0 Å². The lowest BCUT2D eigenvalue weighted by Crippen LogP contribution is -2.20. The third-order valence-corrected chi connectivity index (χ3v) is 3.63. The predicted octanol–water partition coefficient (Wildman–Crippen LogP) is 4.77. The molecule has 0 aliphatic rings. The van der Waals surface area contributed by atoms with E-state index in [1.807, 2.05) is 12.1 Å². The fourth-order valence-corrected chi connectivity index (χ4v) is 2.22. The Bertz CT molecular complexity index is 475. The molecule has 21 heavy (non-hydrogen) atoms. The summed E-state index contributed by atoms with van der Waals surface area (Å²) in [6.45, 7) is 12.0. The van der Waals surface area contributed by atoms with Gasteiger partial charge in [-0.2, -0.15) is 0 Å². The Kier molecular flexibility index (Phi) is 6.71. The van der Waals surface area contributed by atoms with Crippen molar-refractivity contribution in [2.45, 2.75) is 64.8 Å². The van der Waals surface area contributed by atoms with Gasteiger partial charge in [0.15, 0.2) is 0 Å². The van der Waals surface area contributed by atoms with E-state index >= 15 is 0 Å². The van der Waals surface area contributed by atoms with Gasteiger partial charge in [-0.25, -0.2) is 0 Å². The highest BCUT2D eigenvalue weighted by molar-refractivity contribution is 5.85. The van der Waals surface area contributed by atoms with Crippen LogP contribution < -0.4 is 5.73 Å². The summed E-state index contributed by atoms with van der Waals surface area (Å²) in [4.78, 5) is 0. The quantitative estimate of drug-likeness (QED) is 0.843. The van der Waals surface area contributed by atoms with Gasteiger partial charge in [-0.3, -0.25) is 4.39 Å². The van der Waals surface area contributed by atoms with Crippen LogP contribution in [-0.4, -0.2) is 11.8 Å². The Morgan fingerprint density at radius 2 is 1.62 bits per heavy atom. The third kappa shape index (κ3) is 4.86. The van der Waals surface area contributed by atoms with Crippen molar-refractivity contribution in [3.63, 3.8) is 0 Å². The minimum absolute atomic E-state index is 0. The molecule has 0 heterocycles. The highest BCUT2D eigenvalue weighted by Crippen LogP contribution is 2.39. The summed E-state index contributed by atoms with van der Waals surface area (Å²) in [6, 6.07) is 3.50. The number of alkyl halides is 1. The normalized spacial score (nSPS) is 13.7. The zero-order valence-corrected chi connectivity index (χ0v) is 14.8. The summed E-state index contributed by atoms with van der Waals surface area (Å²) < 4.78 is 12.6. The molecule has 0 saturated carbocycles. The Balaban J connectivity index is 0.00000400. The van der Waals surface area contributed by atoms with Crippen LogP contribution in [0.4, 0.5) is 4.39 Å². The van der Waals surface area contributed by atoms with Crippen LogP contribution in [-0.2, 0) is 10.8 Å². The van der Waals surface area contributed by atoms with Crippen molar-refractivity contribution in [2.24, 2.45) is 5.73 Å². The zero-order valence-electron chi connectivity index (χ0n) is 14.0. The highest BCUT2D eigenvalue weighted by atomic mass is 35.5. The van der Waals surface area contributed by atoms with Crippen molar-refractivity contribution >= 4 is 12.4 Å². The van der Waals surface area contributed by atoms with E-state index in [0.717, 1.165) is 11.1 Å². The number of halogens is 2. The molecule has 4 heteroatoms. The lowest BCUT2D eigenvalue weighted by Gasteiger charge is -2.28. The van der Waals surface area contributed by atoms with Crippen molar-refractivity contribution < 1.29 is 9.50 Å². The molecule has 1 aromatic carbocycles. The van der Waals surface area contributed by atoms with Gasteiger partial charge in [0.25, 0.3) is 0 Å². The van der Waals surface area contributed by atoms with Crippen molar-refractivity contribution in [1.82, 2.24) is 0 Å². The Morgan fingerprint density at radius 3 is 2.00 bits per heavy atom. The highest BCUT2D eigenvalue weighted by Gasteiger charge is 2.26. The fourth-order valence-electron chi connectivity index (χ4n) is 2.22. The number of nitrogens with two attached hydrogens (primary N) is 1. The molecule has 0 aliphatic carbocycles. The summed E-state index contributed by atoms with van der Waals surface area (Å²) in [5.74, 6) is 0.214. The molecule has 122 valence electrons. The molecule has 0 spiro atoms. The second-order valence-corrected chi connectivity index (χ2v) is 7.55. The summed E-state index contributed by atoms with van der Waals surface area (Å²) in [7, 11) is 0. The zero-order chi connectivity index (χ0) is 15.7. The van der Waals surface area contributed by atoms with Gasteiger partial charge in [-0.15, -0.1) is 12.4 Å². The van der Waals surface area contributed by atoms with E-state index in [9.17, 15) is 9.50 Å². The molecule has 0 aromatic heterocycles. The minimum Gasteiger partial charge on any atom is -0.507 e. The van der Waals surface area contributed by atoms with Crippen LogP contribution in [0.15, 0.2) is 12.1 Å². The first-order valence-corrected chi connectivity index (χ1v) is 7.18. The maximum absolute atomic E-state index is 12.6. The monoisotopic (exact) mass is 317 g/mol. The van der Waals surface area contributed by atoms with E-state index in [0.29, 0.717) is 5.56 Å². The molecule has 0 fully saturated rings. The standard InChI is InChI=1S/C17H28FNO.ClH/c1-16(2,3)11-9-12(14(19)7-8-18)15(20)13(10-11)17(4,5)6;/h9-10,14,20H,7-8,19H2,1-6H3;1H/t14-;/m0./s1. The number of hydrogen-bond donors (Lipinski definition) is 2. The SMILES string of the molecule is CC(C)(C)c1cc([C@@H](N)CCF)c(O)c(C(C)(C)C)c1.Cl. The molecule has 2 nitrogen and oxygen atoms in total. The van der Waals surface area contributed by atoms with Crippen LogP contribution in [0.5, 0.6) is 5.75 Å². The molecule has 0 aliphatic heterocycles. The van der Waals surface area contributed by atoms with Gasteiger partial charge in [0.2, 0.25) is 0 Å². The lowest BCUT2D eigenvalue weighted by atomic mass is 9.78. The maximum atomic E-state index is 12.6. The van der Waals surface area contributed by atoms with E-state index < -0.39 is 12.7 Å². The van der Waals surface area contributed by atoms with Crippen molar-refractivity contribution in [2.75, 3.05) is 6.67 Å². The molecule has 0 bridgehead atoms. The van der Waals surface area contributed by atoms with Gasteiger partial charge in [-0.05, 0) is 34.4 Å². The Labute approximate surface area is 134 Å². The fraction of sp³-hybridized carbons (Fsp3) is 0.647. The predicted molar refractivity (Wildman–Crippen MR) is 90.3 cm³/mol. The summed E-state index contributed by atoms with van der Waals surface area (Å²) in [5.41, 5.74) is 8.44. The second-order valence-electron chi connectivity index (χ2n) is 7.55. The topological polar surface area (TPSA) is 46.2 Å². The first-order valence-electron chi connectivity index (χ1n) is 7.18. The molecular weight excluding hydrogens is 289 g/mol. The van der Waals surface area contributed by atoms with Crippen LogP contribution in [0.2, 0.25) is 0 Å². The third-order valence-electron chi connectivity index (χ3n) is 3.63. The number of benzene rings is 1. The van der Waals surface area contributed by atoms with E-state index in [1.165, 1.54) is 0 Å². The number of phenolic OH excluding ortho intramolecular Hbond substituents is 1. The van der Waals surface area contributed by atoms with Gasteiger partial charge in [0, 0.05) is 11.6 Å². The average molecular weight is 318 g/mol. The van der Waals surface area contributed by atoms with E-state index in [-0.39, 0.29) is 35.4 Å². The van der Waals surface area contributed by atoms with Gasteiger partial charge in [0.1, 0.15) is 5.75 Å². The Hall–Kier alpha value is -0.800. The first-order chi connectivity index (χ1) is 8.98. The number of aromatic hydroxyl groups is 1. The molecule has 3 N–H and O–H groups in total. The van der Waals surface area contributed by atoms with Crippen molar-refractivity contribution in [3.05, 3.63) is 28.8 Å². The average Bonchev–Trinajstić information content (AvgIpc) is 2.26. The summed E-state index contributed by atoms with van der Waals surface area (Å²) in [5, 5.41) is 10.5. The number of rotatable bonds is 3. The van der Waals surface area contributed by atoms with Crippen LogP contribution in [0, 0.1) is 0 Å². The number of hydrogen-bond acceptors (Lipinski definition) is 2. The van der Waals surface area contributed by atoms with Crippen LogP contribution in [0.3, 0.4) is 0 Å². The van der Waals surface area contributed by atoms with Crippen molar-refractivity contribution in [1.29, 1.82) is 0 Å². The van der Waals surface area contributed by atoms with Gasteiger partial charge >= 0.3 is 0 Å². The second kappa shape index (κ2) is 6.97. The van der Waals surface area contributed by atoms with E-state index in [1.54, 1.807) is 0 Å². The van der Waals surface area contributed by atoms with Crippen LogP contribution >= 0.6 is 12.4 Å². The van der Waals surface area contributed by atoms with Crippen LogP contribution in [0.1, 0.15) is 70.7 Å².